The van der Waals surface area contributed by atoms with Gasteiger partial charge in [0.05, 0.1) is 0 Å². The molecule has 0 aromatic heterocycles. The predicted octanol–water partition coefficient (Wildman–Crippen LogP) is 2.23. The third kappa shape index (κ3) is 4.60. The number of nitrogens with one attached hydrogen (secondary N) is 2. The van der Waals surface area contributed by atoms with Crippen LogP contribution in [0.5, 0.6) is 0 Å². The van der Waals surface area contributed by atoms with Crippen molar-refractivity contribution in [2.24, 2.45) is 0 Å². The first-order valence-corrected chi connectivity index (χ1v) is 5.79. The van der Waals surface area contributed by atoms with Crippen LogP contribution in [0.2, 0.25) is 0 Å². The van der Waals surface area contributed by atoms with E-state index in [0.717, 1.165) is 32.6 Å². The van der Waals surface area contributed by atoms with Crippen molar-refractivity contribution in [1.82, 2.24) is 10.6 Å². The maximum atomic E-state index is 3.81. The number of benzene rings is 1. The zero-order chi connectivity index (χ0) is 11.6. The van der Waals surface area contributed by atoms with E-state index in [1.54, 1.807) is 0 Å². The summed E-state index contributed by atoms with van der Waals surface area (Å²) in [5, 5.41) is 6.71. The smallest absolute Gasteiger partial charge is 0.0211 e. The van der Waals surface area contributed by atoms with E-state index in [4.69, 9.17) is 0 Å². The Morgan fingerprint density at radius 2 is 1.81 bits per heavy atom. The van der Waals surface area contributed by atoms with Gasteiger partial charge >= 0.3 is 0 Å². The molecule has 0 spiro atoms. The Hall–Kier alpha value is -1.12. The third-order valence-corrected chi connectivity index (χ3v) is 2.42. The lowest BCUT2D eigenvalue weighted by atomic mass is 10.1. The van der Waals surface area contributed by atoms with Gasteiger partial charge in [0.1, 0.15) is 0 Å². The Balaban J connectivity index is 2.23. The summed E-state index contributed by atoms with van der Waals surface area (Å²) in [6.07, 6.45) is 2.84. The fourth-order valence-corrected chi connectivity index (χ4v) is 1.54. The first-order valence-electron chi connectivity index (χ1n) is 5.79. The maximum Gasteiger partial charge on any atom is 0.0211 e. The van der Waals surface area contributed by atoms with Crippen LogP contribution < -0.4 is 10.6 Å². The Kier molecular flexibility index (Phi) is 6.54. The van der Waals surface area contributed by atoms with Crippen LogP contribution in [0.15, 0.2) is 30.8 Å². The van der Waals surface area contributed by atoms with Crippen LogP contribution in [0, 0.1) is 6.92 Å². The van der Waals surface area contributed by atoms with E-state index in [1.807, 2.05) is 12.1 Å². The molecule has 0 unspecified atom stereocenters. The molecule has 0 fully saturated rings. The Morgan fingerprint density at radius 3 is 2.56 bits per heavy atom. The van der Waals surface area contributed by atoms with Gasteiger partial charge in [-0.3, -0.25) is 0 Å². The molecule has 87 valence electrons. The van der Waals surface area contributed by atoms with Gasteiger partial charge in [-0.1, -0.05) is 43.8 Å². The second-order valence-electron chi connectivity index (χ2n) is 3.68. The lowest BCUT2D eigenvalue weighted by Gasteiger charge is -2.08. The van der Waals surface area contributed by atoms with Crippen molar-refractivity contribution >= 4 is 6.08 Å². The van der Waals surface area contributed by atoms with Crippen LogP contribution in [-0.4, -0.2) is 19.6 Å². The van der Waals surface area contributed by atoms with E-state index < -0.39 is 0 Å². The van der Waals surface area contributed by atoms with Crippen molar-refractivity contribution in [1.29, 1.82) is 0 Å². The summed E-state index contributed by atoms with van der Waals surface area (Å²) in [4.78, 5) is 0. The van der Waals surface area contributed by atoms with Crippen LogP contribution in [0.4, 0.5) is 0 Å². The quantitative estimate of drug-likeness (QED) is 0.653. The maximum absolute atomic E-state index is 3.81. The zero-order valence-corrected chi connectivity index (χ0v) is 9.84. The standard InChI is InChI=1S/C14H21N2/c1-3-9-15-10-11-16-12-14-8-6-5-7-13(14)4-2/h4-8,15-16H,1-3,9-12H2. The minimum Gasteiger partial charge on any atom is -0.315 e. The van der Waals surface area contributed by atoms with E-state index in [1.165, 1.54) is 11.1 Å². The molecule has 0 heterocycles. The topological polar surface area (TPSA) is 24.1 Å². The van der Waals surface area contributed by atoms with Gasteiger partial charge in [-0.2, -0.15) is 0 Å². The highest BCUT2D eigenvalue weighted by Gasteiger charge is 1.96. The van der Waals surface area contributed by atoms with Crippen molar-refractivity contribution in [2.45, 2.75) is 13.0 Å². The first kappa shape index (κ1) is 12.9. The summed E-state index contributed by atoms with van der Waals surface area (Å²) in [7, 11) is 0. The highest BCUT2D eigenvalue weighted by Crippen LogP contribution is 2.08. The molecule has 0 amide bonds. The molecule has 1 aromatic carbocycles. The molecular weight excluding hydrogens is 196 g/mol. The van der Waals surface area contributed by atoms with Gasteiger partial charge in [-0.25, -0.2) is 0 Å². The van der Waals surface area contributed by atoms with Gasteiger partial charge in [-0.15, -0.1) is 0 Å². The van der Waals surface area contributed by atoms with Crippen LogP contribution >= 0.6 is 0 Å². The van der Waals surface area contributed by atoms with E-state index in [2.05, 4.69) is 42.3 Å². The Bertz CT molecular complexity index is 307. The lowest BCUT2D eigenvalue weighted by Crippen LogP contribution is -2.27. The molecular formula is C14H21N2. The summed E-state index contributed by atoms with van der Waals surface area (Å²) in [6.45, 7) is 11.5. The van der Waals surface area contributed by atoms with Crippen molar-refractivity contribution in [3.63, 3.8) is 0 Å². The minimum absolute atomic E-state index is 0.897. The van der Waals surface area contributed by atoms with Crippen LogP contribution in [-0.2, 0) is 6.54 Å². The molecule has 16 heavy (non-hydrogen) atoms. The summed E-state index contributed by atoms with van der Waals surface area (Å²) < 4.78 is 0. The monoisotopic (exact) mass is 217 g/mol. The molecule has 2 nitrogen and oxygen atoms in total. The number of rotatable bonds is 8. The Morgan fingerprint density at radius 1 is 1.06 bits per heavy atom. The molecule has 1 radical (unpaired) electrons. The normalized spacial score (nSPS) is 10.3. The van der Waals surface area contributed by atoms with Crippen molar-refractivity contribution in [2.75, 3.05) is 19.6 Å². The fraction of sp³-hybridized carbons (Fsp3) is 0.357. The summed E-state index contributed by atoms with van der Waals surface area (Å²) >= 11 is 0. The largest absolute Gasteiger partial charge is 0.315 e. The van der Waals surface area contributed by atoms with E-state index >= 15 is 0 Å². The van der Waals surface area contributed by atoms with Gasteiger partial charge in [0.25, 0.3) is 0 Å². The van der Waals surface area contributed by atoms with Crippen LogP contribution in [0.25, 0.3) is 6.08 Å². The minimum atomic E-state index is 0.897. The second-order valence-corrected chi connectivity index (χ2v) is 3.68. The van der Waals surface area contributed by atoms with Gasteiger partial charge in [0.2, 0.25) is 0 Å². The molecule has 1 aromatic rings. The highest BCUT2D eigenvalue weighted by atomic mass is 14.9. The van der Waals surface area contributed by atoms with E-state index in [9.17, 15) is 0 Å². The van der Waals surface area contributed by atoms with E-state index in [0.29, 0.717) is 0 Å². The zero-order valence-electron chi connectivity index (χ0n) is 9.84. The molecule has 0 atom stereocenters. The SMILES string of the molecule is [CH2]CCNCCNCc1ccccc1C=C. The van der Waals surface area contributed by atoms with Crippen molar-refractivity contribution < 1.29 is 0 Å². The molecule has 0 saturated heterocycles. The first-order chi connectivity index (χ1) is 7.88. The molecule has 2 heteroatoms. The van der Waals surface area contributed by atoms with Crippen LogP contribution in [0.3, 0.4) is 0 Å². The molecule has 0 saturated carbocycles. The highest BCUT2D eigenvalue weighted by molar-refractivity contribution is 5.51. The summed E-state index contributed by atoms with van der Waals surface area (Å²) in [5.41, 5.74) is 2.51. The fourth-order valence-electron chi connectivity index (χ4n) is 1.54. The molecule has 0 aliphatic heterocycles. The summed E-state index contributed by atoms with van der Waals surface area (Å²) in [6, 6.07) is 8.32. The second kappa shape index (κ2) is 8.08. The lowest BCUT2D eigenvalue weighted by molar-refractivity contribution is 0.613. The average Bonchev–Trinajstić information content (AvgIpc) is 2.34. The molecule has 2 N–H and O–H groups in total. The molecule has 0 aliphatic rings. The van der Waals surface area contributed by atoms with Gasteiger partial charge < -0.3 is 10.6 Å². The molecule has 1 rings (SSSR count). The van der Waals surface area contributed by atoms with Gasteiger partial charge in [-0.05, 0) is 24.1 Å². The number of hydrogen-bond donors (Lipinski definition) is 2. The average molecular weight is 217 g/mol. The van der Waals surface area contributed by atoms with Crippen molar-refractivity contribution in [3.8, 4) is 0 Å². The predicted molar refractivity (Wildman–Crippen MR) is 71.1 cm³/mol. The molecule has 0 bridgehead atoms. The third-order valence-electron chi connectivity index (χ3n) is 2.42. The van der Waals surface area contributed by atoms with E-state index in [-0.39, 0.29) is 0 Å². The Labute approximate surface area is 98.8 Å². The van der Waals surface area contributed by atoms with Crippen LogP contribution in [0.1, 0.15) is 17.5 Å². The van der Waals surface area contributed by atoms with Gasteiger partial charge in [0, 0.05) is 19.6 Å². The molecule has 0 aliphatic carbocycles. The van der Waals surface area contributed by atoms with Gasteiger partial charge in [0.15, 0.2) is 0 Å². The van der Waals surface area contributed by atoms with Crippen molar-refractivity contribution in [3.05, 3.63) is 48.9 Å². The number of hydrogen-bond acceptors (Lipinski definition) is 2. The summed E-state index contributed by atoms with van der Waals surface area (Å²) in [5.74, 6) is 0.